The predicted octanol–water partition coefficient (Wildman–Crippen LogP) is 2.48. The highest BCUT2D eigenvalue weighted by atomic mass is 35.5. The lowest BCUT2D eigenvalue weighted by Crippen LogP contribution is -2.24. The molecule has 0 amide bonds. The van der Waals surface area contributed by atoms with E-state index in [0.29, 0.717) is 12.5 Å². The van der Waals surface area contributed by atoms with Crippen LogP contribution in [0.1, 0.15) is 39.0 Å². The van der Waals surface area contributed by atoms with Gasteiger partial charge in [0.05, 0.1) is 6.61 Å². The number of hydrogen-bond donors (Lipinski definition) is 1. The Morgan fingerprint density at radius 2 is 2.00 bits per heavy atom. The molecule has 84 valence electrons. The molecule has 0 aromatic carbocycles. The fourth-order valence-corrected chi connectivity index (χ4v) is 1.71. The molecule has 0 aromatic heterocycles. The van der Waals surface area contributed by atoms with E-state index in [0.717, 1.165) is 0 Å². The van der Waals surface area contributed by atoms with E-state index in [1.807, 2.05) is 0 Å². The van der Waals surface area contributed by atoms with Gasteiger partial charge in [-0.15, -0.1) is 12.4 Å². The first-order chi connectivity index (χ1) is 6.20. The smallest absolute Gasteiger partial charge is 0.332 e. The number of aliphatic carboxylic acids is 1. The maximum atomic E-state index is 10.4. The van der Waals surface area contributed by atoms with Crippen molar-refractivity contribution in [3.63, 3.8) is 0 Å². The van der Waals surface area contributed by atoms with E-state index in [4.69, 9.17) is 9.84 Å². The molecule has 0 heterocycles. The average Bonchev–Trinajstić information content (AvgIpc) is 2.15. The van der Waals surface area contributed by atoms with E-state index in [-0.39, 0.29) is 12.4 Å². The van der Waals surface area contributed by atoms with Gasteiger partial charge in [0.1, 0.15) is 0 Å². The summed E-state index contributed by atoms with van der Waals surface area (Å²) in [5.41, 5.74) is 0. The number of carboxylic acids is 1. The van der Waals surface area contributed by atoms with Crippen LogP contribution in [0.4, 0.5) is 0 Å². The first-order valence-corrected chi connectivity index (χ1v) is 5.04. The van der Waals surface area contributed by atoms with Crippen molar-refractivity contribution in [2.45, 2.75) is 45.1 Å². The van der Waals surface area contributed by atoms with Gasteiger partial charge in [-0.3, -0.25) is 0 Å². The zero-order chi connectivity index (χ0) is 9.68. The van der Waals surface area contributed by atoms with Gasteiger partial charge in [-0.2, -0.15) is 0 Å². The molecule has 1 fully saturated rings. The molecule has 1 aliphatic rings. The van der Waals surface area contributed by atoms with Crippen LogP contribution in [0, 0.1) is 5.92 Å². The standard InChI is InChI=1S/C10H18O3.ClH/c1-8(10(11)12)13-7-9-5-3-2-4-6-9;/h8-9H,2-7H2,1H3,(H,11,12);1H. The lowest BCUT2D eigenvalue weighted by Gasteiger charge is -2.22. The maximum Gasteiger partial charge on any atom is 0.332 e. The number of hydrogen-bond acceptors (Lipinski definition) is 2. The summed E-state index contributed by atoms with van der Waals surface area (Å²) in [6, 6.07) is 0. The molecule has 0 spiro atoms. The van der Waals surface area contributed by atoms with Crippen LogP contribution in [0.3, 0.4) is 0 Å². The molecule has 1 rings (SSSR count). The summed E-state index contributed by atoms with van der Waals surface area (Å²) in [5.74, 6) is -0.272. The molecule has 1 N–H and O–H groups in total. The highest BCUT2D eigenvalue weighted by molar-refractivity contribution is 5.85. The van der Waals surface area contributed by atoms with Gasteiger partial charge in [0.15, 0.2) is 6.10 Å². The van der Waals surface area contributed by atoms with E-state index in [9.17, 15) is 4.79 Å². The van der Waals surface area contributed by atoms with Crippen LogP contribution in [0.2, 0.25) is 0 Å². The number of carbonyl (C=O) groups is 1. The van der Waals surface area contributed by atoms with Gasteiger partial charge >= 0.3 is 5.97 Å². The first kappa shape index (κ1) is 13.7. The molecule has 14 heavy (non-hydrogen) atoms. The summed E-state index contributed by atoms with van der Waals surface area (Å²) in [6.45, 7) is 2.21. The van der Waals surface area contributed by atoms with Gasteiger partial charge in [0.25, 0.3) is 0 Å². The van der Waals surface area contributed by atoms with E-state index in [1.165, 1.54) is 32.1 Å². The molecule has 3 nitrogen and oxygen atoms in total. The number of halogens is 1. The second-order valence-corrected chi connectivity index (χ2v) is 3.82. The van der Waals surface area contributed by atoms with Crippen molar-refractivity contribution in [3.8, 4) is 0 Å². The summed E-state index contributed by atoms with van der Waals surface area (Å²) in [6.07, 6.45) is 5.62. The van der Waals surface area contributed by atoms with E-state index < -0.39 is 12.1 Å². The van der Waals surface area contributed by atoms with Crippen molar-refractivity contribution in [1.82, 2.24) is 0 Å². The second-order valence-electron chi connectivity index (χ2n) is 3.82. The molecule has 0 aliphatic heterocycles. The van der Waals surface area contributed by atoms with Gasteiger partial charge in [-0.25, -0.2) is 4.79 Å². The first-order valence-electron chi connectivity index (χ1n) is 5.04. The predicted molar refractivity (Wildman–Crippen MR) is 56.9 cm³/mol. The number of ether oxygens (including phenoxy) is 1. The van der Waals surface area contributed by atoms with Gasteiger partial charge in [0.2, 0.25) is 0 Å². The van der Waals surface area contributed by atoms with Crippen molar-refractivity contribution in [2.75, 3.05) is 6.61 Å². The Labute approximate surface area is 91.2 Å². The molecular formula is C10H19ClO3. The van der Waals surface area contributed by atoms with E-state index in [2.05, 4.69) is 0 Å². The lowest BCUT2D eigenvalue weighted by atomic mass is 9.90. The summed E-state index contributed by atoms with van der Waals surface area (Å²) < 4.78 is 5.24. The summed E-state index contributed by atoms with van der Waals surface area (Å²) in [5, 5.41) is 8.59. The average molecular weight is 223 g/mol. The van der Waals surface area contributed by atoms with Crippen LogP contribution < -0.4 is 0 Å². The fourth-order valence-electron chi connectivity index (χ4n) is 1.71. The third-order valence-electron chi connectivity index (χ3n) is 2.65. The van der Waals surface area contributed by atoms with Crippen molar-refractivity contribution in [2.24, 2.45) is 5.92 Å². The Morgan fingerprint density at radius 3 is 2.50 bits per heavy atom. The molecule has 0 aromatic rings. The highest BCUT2D eigenvalue weighted by Crippen LogP contribution is 2.23. The zero-order valence-electron chi connectivity index (χ0n) is 8.57. The number of rotatable bonds is 4. The summed E-state index contributed by atoms with van der Waals surface area (Å²) in [4.78, 5) is 10.4. The number of carboxylic acid groups (broad SMARTS) is 1. The third kappa shape index (κ3) is 4.82. The van der Waals surface area contributed by atoms with Crippen LogP contribution in [0.15, 0.2) is 0 Å². The molecule has 1 unspecified atom stereocenters. The minimum Gasteiger partial charge on any atom is -0.479 e. The normalized spacial score (nSPS) is 19.8. The SMILES string of the molecule is CC(OCC1CCCCC1)C(=O)O.Cl. The van der Waals surface area contributed by atoms with Crippen LogP contribution in [-0.2, 0) is 9.53 Å². The Balaban J connectivity index is 0.00000169. The highest BCUT2D eigenvalue weighted by Gasteiger charge is 2.17. The van der Waals surface area contributed by atoms with Crippen molar-refractivity contribution >= 4 is 18.4 Å². The Hall–Kier alpha value is -0.280. The molecule has 0 radical (unpaired) electrons. The quantitative estimate of drug-likeness (QED) is 0.795. The second kappa shape index (κ2) is 7.07. The summed E-state index contributed by atoms with van der Waals surface area (Å²) in [7, 11) is 0. The largest absolute Gasteiger partial charge is 0.479 e. The minimum atomic E-state index is -0.865. The Morgan fingerprint density at radius 1 is 1.43 bits per heavy atom. The van der Waals surface area contributed by atoms with Crippen LogP contribution in [-0.4, -0.2) is 23.8 Å². The fraction of sp³-hybridized carbons (Fsp3) is 0.900. The van der Waals surface area contributed by atoms with E-state index >= 15 is 0 Å². The molecule has 1 atom stereocenters. The van der Waals surface area contributed by atoms with Crippen LogP contribution >= 0.6 is 12.4 Å². The van der Waals surface area contributed by atoms with Gasteiger partial charge in [-0.05, 0) is 25.7 Å². The van der Waals surface area contributed by atoms with Gasteiger partial charge in [-0.1, -0.05) is 19.3 Å². The zero-order valence-corrected chi connectivity index (χ0v) is 9.39. The van der Waals surface area contributed by atoms with Crippen molar-refractivity contribution in [3.05, 3.63) is 0 Å². The van der Waals surface area contributed by atoms with Crippen molar-refractivity contribution < 1.29 is 14.6 Å². The molecule has 4 heteroatoms. The van der Waals surface area contributed by atoms with Gasteiger partial charge < -0.3 is 9.84 Å². The topological polar surface area (TPSA) is 46.5 Å². The Bertz CT molecular complexity index is 167. The molecular weight excluding hydrogens is 204 g/mol. The van der Waals surface area contributed by atoms with Crippen molar-refractivity contribution in [1.29, 1.82) is 0 Å². The minimum absolute atomic E-state index is 0. The molecule has 0 saturated heterocycles. The Kier molecular flexibility index (Phi) is 6.93. The maximum absolute atomic E-state index is 10.4. The lowest BCUT2D eigenvalue weighted by molar-refractivity contribution is -0.150. The monoisotopic (exact) mass is 222 g/mol. The van der Waals surface area contributed by atoms with Crippen LogP contribution in [0.25, 0.3) is 0 Å². The third-order valence-corrected chi connectivity index (χ3v) is 2.65. The van der Waals surface area contributed by atoms with Gasteiger partial charge in [0, 0.05) is 0 Å². The van der Waals surface area contributed by atoms with E-state index in [1.54, 1.807) is 6.92 Å². The summed E-state index contributed by atoms with van der Waals surface area (Å²) >= 11 is 0. The molecule has 0 bridgehead atoms. The van der Waals surface area contributed by atoms with Crippen LogP contribution in [0.5, 0.6) is 0 Å². The molecule has 1 saturated carbocycles. The molecule has 1 aliphatic carbocycles.